The lowest BCUT2D eigenvalue weighted by atomic mass is 10.1. The highest BCUT2D eigenvalue weighted by Crippen LogP contribution is 2.34. The Kier molecular flexibility index (Phi) is 6.30. The Morgan fingerprint density at radius 2 is 1.86 bits per heavy atom. The van der Waals surface area contributed by atoms with Crippen molar-refractivity contribution in [3.05, 3.63) is 35.7 Å². The van der Waals surface area contributed by atoms with E-state index in [4.69, 9.17) is 4.98 Å². The number of thioether (sulfide) groups is 1. The van der Waals surface area contributed by atoms with Crippen LogP contribution in [0.3, 0.4) is 0 Å². The highest BCUT2D eigenvalue weighted by Gasteiger charge is 2.18. The highest BCUT2D eigenvalue weighted by molar-refractivity contribution is 8.00. The second-order valence-electron chi connectivity index (χ2n) is 7.33. The van der Waals surface area contributed by atoms with Gasteiger partial charge in [-0.05, 0) is 37.8 Å². The fourth-order valence-electron chi connectivity index (χ4n) is 3.54. The lowest BCUT2D eigenvalue weighted by molar-refractivity contribution is -0.113. The van der Waals surface area contributed by atoms with E-state index in [0.29, 0.717) is 5.75 Å². The summed E-state index contributed by atoms with van der Waals surface area (Å²) in [6.07, 6.45) is 6.54. The minimum Gasteiger partial charge on any atom is -0.348 e. The third-order valence-electron chi connectivity index (χ3n) is 5.11. The van der Waals surface area contributed by atoms with Crippen LogP contribution in [0.1, 0.15) is 36.8 Å². The summed E-state index contributed by atoms with van der Waals surface area (Å²) in [5.74, 6) is 0.271. The zero-order valence-electron chi connectivity index (χ0n) is 16.8. The van der Waals surface area contributed by atoms with E-state index in [1.54, 1.807) is 17.7 Å². The maximum Gasteiger partial charge on any atom is 0.234 e. The molecule has 2 aromatic heterocycles. The number of hydrogen-bond donors (Lipinski definition) is 1. The topological polar surface area (TPSA) is 71.0 Å². The number of rotatable bonds is 5. The lowest BCUT2D eigenvalue weighted by Gasteiger charge is -2.18. The molecule has 1 aromatic carbocycles. The molecule has 0 unspecified atom stereocenters. The van der Waals surface area contributed by atoms with Crippen molar-refractivity contribution in [3.8, 4) is 0 Å². The molecule has 4 rings (SSSR count). The summed E-state index contributed by atoms with van der Waals surface area (Å²) in [7, 11) is 0. The van der Waals surface area contributed by atoms with Crippen molar-refractivity contribution in [2.24, 2.45) is 0 Å². The van der Waals surface area contributed by atoms with Crippen molar-refractivity contribution >= 4 is 50.2 Å². The van der Waals surface area contributed by atoms with Gasteiger partial charge in [-0.2, -0.15) is 4.98 Å². The SMILES string of the molecule is Cc1cccc(C)c1NC(=O)CSc1ncnc2nc(N3CCCCCC3)sc12. The molecule has 6 nitrogen and oxygen atoms in total. The first-order chi connectivity index (χ1) is 14.1. The number of carbonyl (C=O) groups excluding carboxylic acids is 1. The molecule has 0 radical (unpaired) electrons. The van der Waals surface area contributed by atoms with Gasteiger partial charge in [0, 0.05) is 18.8 Å². The van der Waals surface area contributed by atoms with Crippen LogP contribution in [0, 0.1) is 13.8 Å². The quantitative estimate of drug-likeness (QED) is 0.465. The zero-order chi connectivity index (χ0) is 20.2. The lowest BCUT2D eigenvalue weighted by Crippen LogP contribution is -2.23. The van der Waals surface area contributed by atoms with E-state index >= 15 is 0 Å². The first kappa shape index (κ1) is 20.1. The number of carbonyl (C=O) groups is 1. The van der Waals surface area contributed by atoms with Crippen molar-refractivity contribution < 1.29 is 4.79 Å². The van der Waals surface area contributed by atoms with E-state index in [1.165, 1.54) is 37.4 Å². The number of anilines is 2. The van der Waals surface area contributed by atoms with E-state index < -0.39 is 0 Å². The standard InChI is InChI=1S/C21H25N5OS2/c1-14-8-7-9-15(2)17(14)24-16(27)12-28-20-18-19(22-13-23-20)25-21(29-18)26-10-5-3-4-6-11-26/h7-9,13H,3-6,10-12H2,1-2H3,(H,24,27). The molecule has 0 bridgehead atoms. The molecule has 8 heteroatoms. The van der Waals surface area contributed by atoms with Crippen molar-refractivity contribution in [1.82, 2.24) is 15.0 Å². The molecular weight excluding hydrogens is 402 g/mol. The van der Waals surface area contributed by atoms with Crippen LogP contribution >= 0.6 is 23.1 Å². The Hall–Kier alpha value is -2.19. The van der Waals surface area contributed by atoms with Crippen molar-refractivity contribution in [2.75, 3.05) is 29.1 Å². The number of amides is 1. The second kappa shape index (κ2) is 9.09. The fraction of sp³-hybridized carbons (Fsp3) is 0.429. The number of aromatic nitrogens is 3. The van der Waals surface area contributed by atoms with Gasteiger partial charge >= 0.3 is 0 Å². The molecule has 29 heavy (non-hydrogen) atoms. The van der Waals surface area contributed by atoms with Gasteiger partial charge in [0.15, 0.2) is 10.8 Å². The molecule has 1 aliphatic rings. The first-order valence-electron chi connectivity index (χ1n) is 9.97. The molecule has 1 N–H and O–H groups in total. The van der Waals surface area contributed by atoms with Crippen LogP contribution < -0.4 is 10.2 Å². The summed E-state index contributed by atoms with van der Waals surface area (Å²) < 4.78 is 0.969. The van der Waals surface area contributed by atoms with Gasteiger partial charge in [0.25, 0.3) is 0 Å². The molecular formula is C21H25N5OS2. The van der Waals surface area contributed by atoms with Crippen LogP contribution in [0.2, 0.25) is 0 Å². The summed E-state index contributed by atoms with van der Waals surface area (Å²) in [6.45, 7) is 6.11. The van der Waals surface area contributed by atoms with E-state index in [-0.39, 0.29) is 5.91 Å². The van der Waals surface area contributed by atoms with Crippen LogP contribution in [0.5, 0.6) is 0 Å². The van der Waals surface area contributed by atoms with E-state index in [1.807, 2.05) is 32.0 Å². The summed E-state index contributed by atoms with van der Waals surface area (Å²) in [6, 6.07) is 6.01. The van der Waals surface area contributed by atoms with Crippen LogP contribution in [0.25, 0.3) is 10.3 Å². The van der Waals surface area contributed by atoms with Gasteiger partial charge in [0.2, 0.25) is 5.91 Å². The Labute approximate surface area is 179 Å². The van der Waals surface area contributed by atoms with Crippen LogP contribution in [-0.2, 0) is 4.79 Å². The Bertz CT molecular complexity index is 991. The van der Waals surface area contributed by atoms with Crippen LogP contribution in [0.4, 0.5) is 10.8 Å². The molecule has 1 saturated heterocycles. The van der Waals surface area contributed by atoms with Crippen molar-refractivity contribution in [3.63, 3.8) is 0 Å². The number of nitrogens with one attached hydrogen (secondary N) is 1. The molecule has 3 heterocycles. The van der Waals surface area contributed by atoms with Gasteiger partial charge in [-0.1, -0.05) is 54.1 Å². The molecule has 0 atom stereocenters. The molecule has 0 aliphatic carbocycles. The normalized spacial score (nSPS) is 14.8. The summed E-state index contributed by atoms with van der Waals surface area (Å²) >= 11 is 3.08. The third-order valence-corrected chi connectivity index (χ3v) is 7.34. The van der Waals surface area contributed by atoms with Gasteiger partial charge in [0.1, 0.15) is 16.1 Å². The van der Waals surface area contributed by atoms with Crippen LogP contribution in [-0.4, -0.2) is 39.7 Å². The second-order valence-corrected chi connectivity index (χ2v) is 9.27. The average molecular weight is 428 g/mol. The highest BCUT2D eigenvalue weighted by atomic mass is 32.2. The number of fused-ring (bicyclic) bond motifs is 1. The van der Waals surface area contributed by atoms with Gasteiger partial charge in [-0.15, -0.1) is 0 Å². The van der Waals surface area contributed by atoms with Gasteiger partial charge in [-0.3, -0.25) is 4.79 Å². The largest absolute Gasteiger partial charge is 0.348 e. The number of hydrogen-bond acceptors (Lipinski definition) is 7. The molecule has 0 saturated carbocycles. The summed E-state index contributed by atoms with van der Waals surface area (Å²) in [4.78, 5) is 28.4. The number of aryl methyl sites for hydroxylation is 2. The van der Waals surface area contributed by atoms with E-state index in [0.717, 1.165) is 50.4 Å². The zero-order valence-corrected chi connectivity index (χ0v) is 18.4. The minimum absolute atomic E-state index is 0.0311. The van der Waals surface area contributed by atoms with E-state index in [9.17, 15) is 4.79 Å². The molecule has 1 fully saturated rings. The summed E-state index contributed by atoms with van der Waals surface area (Å²) in [5, 5.41) is 4.88. The predicted molar refractivity (Wildman–Crippen MR) is 121 cm³/mol. The van der Waals surface area contributed by atoms with Crippen molar-refractivity contribution in [2.45, 2.75) is 44.6 Å². The molecule has 3 aromatic rings. The smallest absolute Gasteiger partial charge is 0.234 e. The predicted octanol–water partition coefficient (Wildman–Crippen LogP) is 4.81. The molecule has 0 spiro atoms. The molecule has 152 valence electrons. The molecule has 1 aliphatic heterocycles. The average Bonchev–Trinajstić information content (AvgIpc) is 2.96. The van der Waals surface area contributed by atoms with Crippen molar-refractivity contribution in [1.29, 1.82) is 0 Å². The fourth-order valence-corrected chi connectivity index (χ4v) is 5.49. The number of para-hydroxylation sites is 1. The Morgan fingerprint density at radius 1 is 1.14 bits per heavy atom. The third kappa shape index (κ3) is 4.70. The van der Waals surface area contributed by atoms with Gasteiger partial charge in [-0.25, -0.2) is 9.97 Å². The van der Waals surface area contributed by atoms with Gasteiger partial charge in [0.05, 0.1) is 5.75 Å². The Balaban J connectivity index is 1.47. The monoisotopic (exact) mass is 427 g/mol. The maximum atomic E-state index is 12.5. The molecule has 1 amide bonds. The van der Waals surface area contributed by atoms with Crippen LogP contribution in [0.15, 0.2) is 29.6 Å². The number of thiazole rings is 1. The summed E-state index contributed by atoms with van der Waals surface area (Å²) in [5.41, 5.74) is 3.75. The number of benzene rings is 1. The van der Waals surface area contributed by atoms with Gasteiger partial charge < -0.3 is 10.2 Å². The van der Waals surface area contributed by atoms with E-state index in [2.05, 4.69) is 20.2 Å². The Morgan fingerprint density at radius 3 is 2.59 bits per heavy atom. The number of nitrogens with zero attached hydrogens (tertiary/aromatic N) is 4. The first-order valence-corrected chi connectivity index (χ1v) is 11.8. The minimum atomic E-state index is -0.0311. The maximum absolute atomic E-state index is 12.5.